The first-order valence-electron chi connectivity index (χ1n) is 44.6. The predicted molar refractivity (Wildman–Crippen MR) is 534 cm³/mol. The molecule has 0 bridgehead atoms. The van der Waals surface area contributed by atoms with Crippen molar-refractivity contribution in [2.45, 2.75) is 306 Å². The lowest BCUT2D eigenvalue weighted by Crippen LogP contribution is -1.93. The van der Waals surface area contributed by atoms with Gasteiger partial charge in [0.2, 0.25) is 0 Å². The van der Waals surface area contributed by atoms with Crippen LogP contribution in [0.25, 0.3) is 10.9 Å². The Labute approximate surface area is 743 Å². The van der Waals surface area contributed by atoms with Crippen molar-refractivity contribution in [3.05, 3.63) is 391 Å². The molecule has 654 valence electrons. The van der Waals surface area contributed by atoms with E-state index in [-0.39, 0.29) is 0 Å². The molecule has 0 unspecified atom stereocenters. The molecule has 8 heteroatoms. The predicted octanol–water partition coefficient (Wildman–Crippen LogP) is 33.1. The van der Waals surface area contributed by atoms with Crippen LogP contribution < -0.4 is 0 Å². The van der Waals surface area contributed by atoms with Crippen LogP contribution >= 0.6 is 0 Å². The number of fused-ring (bicyclic) bond motifs is 1. The molecule has 7 aromatic carbocycles. The van der Waals surface area contributed by atoms with E-state index in [1.165, 1.54) is 117 Å². The fraction of sp³-hybridized carbons (Fsp3) is 0.404. The first-order valence-corrected chi connectivity index (χ1v) is 44.6. The van der Waals surface area contributed by atoms with Crippen molar-refractivity contribution in [1.82, 2.24) is 39.9 Å². The quantitative estimate of drug-likeness (QED) is 0.119. The largest absolute Gasteiger partial charge is 0.265 e. The molecule has 0 atom stereocenters. The van der Waals surface area contributed by atoms with Gasteiger partial charge in [-0.1, -0.05) is 334 Å². The lowest BCUT2D eigenvalue weighted by atomic mass is 9.95. The second kappa shape index (κ2) is 59.3. The minimum Gasteiger partial charge on any atom is -0.265 e. The number of pyridine rings is 4. The SMILES string of the molecule is CC(C)c1ccc2ncccc2c1.CC(C)c1ccccc1.CC(C)c1ccccn1.CC(C)c1cccnc1.CC(C)c1ccncc1.CC(C)c1cncnc1.CC(C)c1ncccn1.Cc1cc(C)cc(C(C)C)c1.Cc1ccc(C(C)C)c(C)c1.Cc1ccc(C(C)C)cc1C.Cc1ccc(C)c(C(C)C)c1.Cc1cccc(C(C)C)c1C. The van der Waals surface area contributed by atoms with Gasteiger partial charge < -0.3 is 0 Å². The van der Waals surface area contributed by atoms with E-state index < -0.39 is 0 Å². The van der Waals surface area contributed by atoms with Crippen molar-refractivity contribution in [3.8, 4) is 0 Å². The van der Waals surface area contributed by atoms with E-state index in [1.54, 1.807) is 24.9 Å². The number of aromatic nitrogens is 8. The van der Waals surface area contributed by atoms with Gasteiger partial charge in [-0.25, -0.2) is 19.9 Å². The molecule has 0 saturated carbocycles. The van der Waals surface area contributed by atoms with Gasteiger partial charge in [-0.05, 0) is 278 Å². The first-order chi connectivity index (χ1) is 57.6. The highest BCUT2D eigenvalue weighted by Gasteiger charge is 2.08. The van der Waals surface area contributed by atoms with E-state index in [2.05, 4.69) is 421 Å². The Balaban J connectivity index is 0.000000452. The van der Waals surface area contributed by atoms with Crippen molar-refractivity contribution in [2.24, 2.45) is 0 Å². The van der Waals surface area contributed by atoms with E-state index in [9.17, 15) is 0 Å². The topological polar surface area (TPSA) is 103 Å². The summed E-state index contributed by atoms with van der Waals surface area (Å²) in [5, 5.41) is 1.23. The molecule has 122 heavy (non-hydrogen) atoms. The number of rotatable bonds is 12. The molecule has 0 spiro atoms. The van der Waals surface area contributed by atoms with Crippen LogP contribution in [-0.4, -0.2) is 39.9 Å². The standard InChI is InChI=1S/C12H13N.5C11H16.C9H12.3C8H11N.2C7H10N2/c1-9(2)10-5-6-12-11(8-10)4-3-7-13-12;1-8(2)11-6-9(3)5-10(4)7-11;1-8(2)11-6-5-9(3)10(4)7-11;1-8(2)11-6-5-9(3)7-10(11)4;1-8(2)11-7-9(3)5-6-10(11)4;1-8(2)11-7-5-6-9(3)10(11)4;1-8(2)9-6-4-3-5-7-9;1-7(2)8-3-5-9-6-4-8;1-7(2)8-4-3-5-9-6-8;1-7(2)8-5-3-4-6-9-8;1-6(2)7-3-8-5-9-4-7;1-6(2)7-8-4-3-5-9-7/h3-9H,1-2H3;5*5-8H,1-4H3;3-8H,1-2H3;3*3-7H,1-2H3;2*3-6H,1-2H3. The molecule has 0 fully saturated rings. The summed E-state index contributed by atoms with van der Waals surface area (Å²) in [6, 6.07) is 70.3. The third-order valence-corrected chi connectivity index (χ3v) is 20.6. The molecular weight excluding hydrogens is 1480 g/mol. The molecule has 6 aromatic heterocycles. The van der Waals surface area contributed by atoms with Crippen molar-refractivity contribution in [3.63, 3.8) is 0 Å². The fourth-order valence-electron chi connectivity index (χ4n) is 12.4. The molecule has 0 radical (unpaired) electrons. The van der Waals surface area contributed by atoms with Crippen LogP contribution in [-0.2, 0) is 0 Å². The number of hydrogen-bond acceptors (Lipinski definition) is 8. The van der Waals surface area contributed by atoms with Crippen molar-refractivity contribution in [1.29, 1.82) is 0 Å². The van der Waals surface area contributed by atoms with Gasteiger partial charge in [0.15, 0.2) is 0 Å². The molecule has 8 nitrogen and oxygen atoms in total. The highest BCUT2D eigenvalue weighted by Crippen LogP contribution is 2.26. The van der Waals surface area contributed by atoms with Crippen LogP contribution in [0.4, 0.5) is 0 Å². The summed E-state index contributed by atoms with van der Waals surface area (Å²) >= 11 is 0. The summed E-state index contributed by atoms with van der Waals surface area (Å²) in [6.07, 6.45) is 19.8. The zero-order valence-electron chi connectivity index (χ0n) is 81.9. The molecule has 0 amide bonds. The molecule has 0 aliphatic carbocycles. The minimum absolute atomic E-state index is 0.436. The summed E-state index contributed by atoms with van der Waals surface area (Å²) in [7, 11) is 0. The van der Waals surface area contributed by atoms with Gasteiger partial charge in [0.05, 0.1) is 5.52 Å². The molecular formula is C114H158N8. The van der Waals surface area contributed by atoms with Gasteiger partial charge in [0.25, 0.3) is 0 Å². The van der Waals surface area contributed by atoms with Gasteiger partial charge in [0.1, 0.15) is 12.2 Å². The van der Waals surface area contributed by atoms with Crippen LogP contribution in [0.3, 0.4) is 0 Å². The van der Waals surface area contributed by atoms with E-state index in [4.69, 9.17) is 0 Å². The summed E-state index contributed by atoms with van der Waals surface area (Å²) in [5.74, 6) is 8.13. The molecule has 0 aliphatic rings. The van der Waals surface area contributed by atoms with E-state index in [0.717, 1.165) is 17.0 Å². The first kappa shape index (κ1) is 108. The normalized spacial score (nSPS) is 10.4. The van der Waals surface area contributed by atoms with Gasteiger partial charge in [0, 0.05) is 79.0 Å². The van der Waals surface area contributed by atoms with Gasteiger partial charge in [-0.2, -0.15) is 0 Å². The molecule has 6 heterocycles. The average molecular weight is 1640 g/mol. The Kier molecular flexibility index (Phi) is 52.3. The summed E-state index contributed by atoms with van der Waals surface area (Å²) in [4.78, 5) is 32.3. The summed E-state index contributed by atoms with van der Waals surface area (Å²) in [6.45, 7) is 74.1. The molecule has 13 aromatic rings. The van der Waals surface area contributed by atoms with Gasteiger partial charge in [-0.3, -0.25) is 19.9 Å². The van der Waals surface area contributed by atoms with Crippen LogP contribution in [0.1, 0.15) is 360 Å². The monoisotopic (exact) mass is 1640 g/mol. The second-order valence-corrected chi connectivity index (χ2v) is 35.6. The Morgan fingerprint density at radius 2 is 0.680 bits per heavy atom. The van der Waals surface area contributed by atoms with Crippen molar-refractivity contribution >= 4 is 10.9 Å². The summed E-state index contributed by atoms with van der Waals surface area (Å²) in [5.41, 5.74) is 30.1. The number of nitrogens with zero attached hydrogens (tertiary/aromatic N) is 8. The van der Waals surface area contributed by atoms with E-state index in [1.807, 2.05) is 98.0 Å². The van der Waals surface area contributed by atoms with Crippen LogP contribution in [0, 0.1) is 69.2 Å². The fourth-order valence-corrected chi connectivity index (χ4v) is 12.4. The molecule has 0 N–H and O–H groups in total. The number of benzene rings is 7. The van der Waals surface area contributed by atoms with Crippen molar-refractivity contribution in [2.75, 3.05) is 0 Å². The van der Waals surface area contributed by atoms with E-state index >= 15 is 0 Å². The maximum absolute atomic E-state index is 4.28. The molecule has 13 rings (SSSR count). The Hall–Kier alpha value is -10.4. The van der Waals surface area contributed by atoms with Crippen LogP contribution in [0.15, 0.2) is 268 Å². The molecule has 0 saturated heterocycles. The molecule has 0 aliphatic heterocycles. The van der Waals surface area contributed by atoms with E-state index in [0.29, 0.717) is 71.0 Å². The van der Waals surface area contributed by atoms with Gasteiger partial charge in [-0.15, -0.1) is 0 Å². The zero-order valence-corrected chi connectivity index (χ0v) is 81.9. The van der Waals surface area contributed by atoms with Crippen LogP contribution in [0.5, 0.6) is 0 Å². The zero-order chi connectivity index (χ0) is 91.6. The third-order valence-electron chi connectivity index (χ3n) is 20.6. The van der Waals surface area contributed by atoms with Crippen LogP contribution in [0.2, 0.25) is 0 Å². The number of aryl methyl sites for hydroxylation is 9. The lowest BCUT2D eigenvalue weighted by molar-refractivity contribution is 0.774. The highest BCUT2D eigenvalue weighted by atomic mass is 14.9. The maximum Gasteiger partial charge on any atom is 0.130 e. The van der Waals surface area contributed by atoms with Crippen molar-refractivity contribution < 1.29 is 0 Å². The third kappa shape index (κ3) is 44.4. The Bertz CT molecular complexity index is 4510. The van der Waals surface area contributed by atoms with Gasteiger partial charge >= 0.3 is 0 Å². The Morgan fingerprint density at radius 3 is 1.11 bits per heavy atom. The smallest absolute Gasteiger partial charge is 0.130 e. The minimum atomic E-state index is 0.436. The average Bonchev–Trinajstić information content (AvgIpc) is 0.841. The number of hydrogen-bond donors (Lipinski definition) is 0. The maximum atomic E-state index is 4.28. The lowest BCUT2D eigenvalue weighted by Gasteiger charge is -2.10. The Morgan fingerprint density at radius 1 is 0.205 bits per heavy atom. The second-order valence-electron chi connectivity index (χ2n) is 35.6. The highest BCUT2D eigenvalue weighted by molar-refractivity contribution is 5.79. The summed E-state index contributed by atoms with van der Waals surface area (Å²) < 4.78 is 0.